The molecule has 1 aromatic heterocycles. The van der Waals surface area contributed by atoms with E-state index in [4.69, 9.17) is 11.6 Å². The molecule has 0 fully saturated rings. The van der Waals surface area contributed by atoms with Crippen molar-refractivity contribution in [1.29, 1.82) is 0 Å². The van der Waals surface area contributed by atoms with Crippen molar-refractivity contribution < 1.29 is 0 Å². The third-order valence-corrected chi connectivity index (χ3v) is 3.26. The van der Waals surface area contributed by atoms with Crippen LogP contribution in [-0.4, -0.2) is 42.1 Å². The van der Waals surface area contributed by atoms with Gasteiger partial charge in [0.25, 0.3) is 0 Å². The van der Waals surface area contributed by atoms with Gasteiger partial charge in [-0.3, -0.25) is 0 Å². The summed E-state index contributed by atoms with van der Waals surface area (Å²) in [7, 11) is 4.14. The first kappa shape index (κ1) is 16.5. The molecular weight excluding hydrogens is 298 g/mol. The molecule has 5 nitrogen and oxygen atoms in total. The van der Waals surface area contributed by atoms with Gasteiger partial charge in [-0.25, -0.2) is 4.98 Å². The minimum absolute atomic E-state index is 0.567. The van der Waals surface area contributed by atoms with Crippen LogP contribution in [0.2, 0.25) is 5.02 Å². The highest BCUT2D eigenvalue weighted by atomic mass is 35.5. The third kappa shape index (κ3) is 5.50. The molecular formula is C16H22ClN5. The van der Waals surface area contributed by atoms with E-state index in [-0.39, 0.29) is 0 Å². The van der Waals surface area contributed by atoms with Gasteiger partial charge >= 0.3 is 0 Å². The van der Waals surface area contributed by atoms with E-state index in [2.05, 4.69) is 39.6 Å². The fourth-order valence-corrected chi connectivity index (χ4v) is 2.21. The van der Waals surface area contributed by atoms with Crippen LogP contribution in [-0.2, 0) is 0 Å². The van der Waals surface area contributed by atoms with Gasteiger partial charge in [-0.15, -0.1) is 0 Å². The van der Waals surface area contributed by atoms with Crippen LogP contribution in [0.1, 0.15) is 12.1 Å². The van der Waals surface area contributed by atoms with E-state index in [0.717, 1.165) is 36.7 Å². The summed E-state index contributed by atoms with van der Waals surface area (Å²) in [6.07, 6.45) is 1.06. The second-order valence-corrected chi connectivity index (χ2v) is 5.87. The Hall–Kier alpha value is -1.85. The number of hydrogen-bond acceptors (Lipinski definition) is 5. The maximum absolute atomic E-state index is 5.99. The minimum Gasteiger partial charge on any atom is -0.370 e. The van der Waals surface area contributed by atoms with Crippen molar-refractivity contribution in [3.05, 3.63) is 41.0 Å². The van der Waals surface area contributed by atoms with Crippen LogP contribution in [0.15, 0.2) is 30.3 Å². The number of aryl methyl sites for hydroxylation is 1. The molecule has 0 saturated carbocycles. The number of nitrogens with zero attached hydrogens (tertiary/aromatic N) is 3. The summed E-state index contributed by atoms with van der Waals surface area (Å²) in [5.41, 5.74) is 1.78. The van der Waals surface area contributed by atoms with E-state index in [1.54, 1.807) is 0 Å². The molecule has 0 aliphatic rings. The minimum atomic E-state index is 0.567. The van der Waals surface area contributed by atoms with Gasteiger partial charge in [0.05, 0.1) is 0 Å². The molecule has 0 aliphatic carbocycles. The Balaban J connectivity index is 2.00. The van der Waals surface area contributed by atoms with E-state index in [1.807, 2.05) is 37.3 Å². The Morgan fingerprint density at radius 3 is 2.73 bits per heavy atom. The van der Waals surface area contributed by atoms with Crippen molar-refractivity contribution in [2.45, 2.75) is 13.3 Å². The molecule has 0 amide bonds. The third-order valence-electron chi connectivity index (χ3n) is 3.02. The Morgan fingerprint density at radius 2 is 2.00 bits per heavy atom. The van der Waals surface area contributed by atoms with Crippen molar-refractivity contribution in [2.75, 3.05) is 37.8 Å². The number of aromatic nitrogens is 2. The van der Waals surface area contributed by atoms with Crippen LogP contribution in [0.25, 0.3) is 0 Å². The molecule has 2 aromatic rings. The molecule has 0 spiro atoms. The molecule has 0 bridgehead atoms. The molecule has 6 heteroatoms. The zero-order chi connectivity index (χ0) is 15.9. The van der Waals surface area contributed by atoms with Crippen molar-refractivity contribution in [2.24, 2.45) is 0 Å². The zero-order valence-corrected chi connectivity index (χ0v) is 14.0. The van der Waals surface area contributed by atoms with Gasteiger partial charge in [0.1, 0.15) is 5.82 Å². The SMILES string of the molecule is Cc1cc(NCCCN(C)C)nc(Nc2cccc(Cl)c2)n1. The van der Waals surface area contributed by atoms with Crippen LogP contribution in [0.3, 0.4) is 0 Å². The first-order valence-corrected chi connectivity index (χ1v) is 7.67. The number of rotatable bonds is 7. The quantitative estimate of drug-likeness (QED) is 0.764. The van der Waals surface area contributed by atoms with Gasteiger partial charge < -0.3 is 15.5 Å². The van der Waals surface area contributed by atoms with E-state index in [1.165, 1.54) is 0 Å². The van der Waals surface area contributed by atoms with Crippen LogP contribution in [0, 0.1) is 6.92 Å². The summed E-state index contributed by atoms with van der Waals surface area (Å²) < 4.78 is 0. The van der Waals surface area contributed by atoms with Gasteiger partial charge in [-0.1, -0.05) is 17.7 Å². The monoisotopic (exact) mass is 319 g/mol. The molecule has 0 atom stereocenters. The average Bonchev–Trinajstić information content (AvgIpc) is 2.43. The Morgan fingerprint density at radius 1 is 1.18 bits per heavy atom. The van der Waals surface area contributed by atoms with Crippen LogP contribution in [0.4, 0.5) is 17.5 Å². The summed E-state index contributed by atoms with van der Waals surface area (Å²) in [5, 5.41) is 7.19. The zero-order valence-electron chi connectivity index (χ0n) is 13.2. The Labute approximate surface area is 136 Å². The highest BCUT2D eigenvalue weighted by molar-refractivity contribution is 6.30. The topological polar surface area (TPSA) is 53.1 Å². The van der Waals surface area contributed by atoms with Crippen LogP contribution >= 0.6 is 11.6 Å². The number of halogens is 1. The summed E-state index contributed by atoms with van der Waals surface area (Å²) >= 11 is 5.99. The lowest BCUT2D eigenvalue weighted by Crippen LogP contribution is -2.16. The van der Waals surface area contributed by atoms with E-state index < -0.39 is 0 Å². The maximum atomic E-state index is 5.99. The Kier molecular flexibility index (Phi) is 5.98. The first-order chi connectivity index (χ1) is 10.5. The van der Waals surface area contributed by atoms with Crippen LogP contribution in [0.5, 0.6) is 0 Å². The summed E-state index contributed by atoms with van der Waals surface area (Å²) in [6, 6.07) is 9.44. The molecule has 1 aromatic carbocycles. The number of anilines is 3. The molecule has 0 radical (unpaired) electrons. The predicted molar refractivity (Wildman–Crippen MR) is 93.2 cm³/mol. The highest BCUT2D eigenvalue weighted by Crippen LogP contribution is 2.19. The largest absolute Gasteiger partial charge is 0.370 e. The molecule has 0 unspecified atom stereocenters. The highest BCUT2D eigenvalue weighted by Gasteiger charge is 2.03. The van der Waals surface area contributed by atoms with Crippen molar-refractivity contribution in [1.82, 2.24) is 14.9 Å². The summed E-state index contributed by atoms with van der Waals surface area (Å²) in [6.45, 7) is 3.88. The molecule has 118 valence electrons. The smallest absolute Gasteiger partial charge is 0.229 e. The van der Waals surface area contributed by atoms with E-state index >= 15 is 0 Å². The first-order valence-electron chi connectivity index (χ1n) is 7.30. The standard InChI is InChI=1S/C16H22ClN5/c1-12-10-15(18-8-5-9-22(2)3)21-16(19-12)20-14-7-4-6-13(17)11-14/h4,6-7,10-11H,5,8-9H2,1-3H3,(H2,18,19,20,21). The second kappa shape index (κ2) is 7.96. The van der Waals surface area contributed by atoms with E-state index in [9.17, 15) is 0 Å². The predicted octanol–water partition coefficient (Wildman–Crippen LogP) is 3.55. The van der Waals surface area contributed by atoms with Gasteiger partial charge in [-0.05, 0) is 52.2 Å². The van der Waals surface area contributed by atoms with Gasteiger partial charge in [0, 0.05) is 29.0 Å². The lowest BCUT2D eigenvalue weighted by atomic mass is 10.3. The second-order valence-electron chi connectivity index (χ2n) is 5.44. The molecule has 0 saturated heterocycles. The van der Waals surface area contributed by atoms with E-state index in [0.29, 0.717) is 11.0 Å². The lowest BCUT2D eigenvalue weighted by Gasteiger charge is -2.12. The van der Waals surface area contributed by atoms with Gasteiger partial charge in [0.2, 0.25) is 5.95 Å². The fraction of sp³-hybridized carbons (Fsp3) is 0.375. The number of hydrogen-bond donors (Lipinski definition) is 2. The van der Waals surface area contributed by atoms with Crippen molar-refractivity contribution >= 4 is 29.1 Å². The number of benzene rings is 1. The van der Waals surface area contributed by atoms with Gasteiger partial charge in [-0.2, -0.15) is 4.98 Å². The van der Waals surface area contributed by atoms with Gasteiger partial charge in [0.15, 0.2) is 0 Å². The summed E-state index contributed by atoms with van der Waals surface area (Å²) in [5.74, 6) is 1.40. The molecule has 0 aliphatic heterocycles. The fourth-order valence-electron chi connectivity index (χ4n) is 2.02. The van der Waals surface area contributed by atoms with Crippen molar-refractivity contribution in [3.63, 3.8) is 0 Å². The molecule has 1 heterocycles. The lowest BCUT2D eigenvalue weighted by molar-refractivity contribution is 0.405. The molecule has 22 heavy (non-hydrogen) atoms. The normalized spacial score (nSPS) is 10.8. The molecule has 2 rings (SSSR count). The summed E-state index contributed by atoms with van der Waals surface area (Å²) in [4.78, 5) is 11.1. The average molecular weight is 320 g/mol. The van der Waals surface area contributed by atoms with Crippen LogP contribution < -0.4 is 10.6 Å². The Bertz CT molecular complexity index is 615. The maximum Gasteiger partial charge on any atom is 0.229 e. The number of nitrogens with one attached hydrogen (secondary N) is 2. The van der Waals surface area contributed by atoms with Crippen molar-refractivity contribution in [3.8, 4) is 0 Å². The molecule has 2 N–H and O–H groups in total.